The Hall–Kier alpha value is -3.06. The smallest absolute Gasteiger partial charge is 0.264 e. The number of nitrogens with one attached hydrogen (secondary N) is 2. The number of carbonyl (C=O) groups is 2. The van der Waals surface area contributed by atoms with E-state index in [2.05, 4.69) is 14.9 Å². The summed E-state index contributed by atoms with van der Waals surface area (Å²) in [7, 11) is -0.492. The molecule has 0 radical (unpaired) electrons. The molecule has 2 aromatic rings. The highest BCUT2D eigenvalue weighted by atomic mass is 32.3. The molecule has 40 heavy (non-hydrogen) atoms. The van der Waals surface area contributed by atoms with E-state index in [4.69, 9.17) is 9.47 Å². The van der Waals surface area contributed by atoms with Gasteiger partial charge in [0.1, 0.15) is 4.24 Å². The molecule has 1 saturated heterocycles. The number of thioether (sulfide) groups is 1. The van der Waals surface area contributed by atoms with E-state index in [0.717, 1.165) is 44.0 Å². The van der Waals surface area contributed by atoms with Crippen LogP contribution < -0.4 is 24.4 Å². The summed E-state index contributed by atoms with van der Waals surface area (Å²) < 4.78 is 39.2. The summed E-state index contributed by atoms with van der Waals surface area (Å²) in [6, 6.07) is 10.1. The zero-order chi connectivity index (χ0) is 28.3. The molecule has 10 nitrogen and oxygen atoms in total. The fourth-order valence-corrected chi connectivity index (χ4v) is 8.01. The van der Waals surface area contributed by atoms with Gasteiger partial charge in [-0.1, -0.05) is 18.2 Å². The maximum Gasteiger partial charge on any atom is 0.264 e. The van der Waals surface area contributed by atoms with E-state index in [-0.39, 0.29) is 18.4 Å². The molecule has 3 aliphatic heterocycles. The molecule has 2 amide bonds. The summed E-state index contributed by atoms with van der Waals surface area (Å²) in [4.78, 5) is 31.3. The van der Waals surface area contributed by atoms with Crippen molar-refractivity contribution in [3.05, 3.63) is 63.4 Å². The van der Waals surface area contributed by atoms with Crippen molar-refractivity contribution in [2.75, 3.05) is 57.6 Å². The van der Waals surface area contributed by atoms with E-state index in [1.165, 1.54) is 23.8 Å². The van der Waals surface area contributed by atoms with Crippen molar-refractivity contribution in [1.82, 2.24) is 14.9 Å². The van der Waals surface area contributed by atoms with Gasteiger partial charge in [-0.05, 0) is 49.1 Å². The van der Waals surface area contributed by atoms with E-state index in [1.54, 1.807) is 31.4 Å². The lowest BCUT2D eigenvalue weighted by Gasteiger charge is -2.31. The second kappa shape index (κ2) is 12.2. The van der Waals surface area contributed by atoms with E-state index < -0.39 is 16.1 Å². The summed E-state index contributed by atoms with van der Waals surface area (Å²) in [5.41, 5.74) is 2.27. The Balaban J connectivity index is 1.43. The van der Waals surface area contributed by atoms with Crippen LogP contribution in [0.25, 0.3) is 0 Å². The number of methoxy groups -OCH3 is 2. The van der Waals surface area contributed by atoms with E-state index in [1.807, 2.05) is 18.2 Å². The zero-order valence-electron chi connectivity index (χ0n) is 22.6. The predicted molar refractivity (Wildman–Crippen MR) is 156 cm³/mol. The van der Waals surface area contributed by atoms with E-state index in [9.17, 15) is 18.0 Å². The third-order valence-corrected chi connectivity index (χ3v) is 10.6. The number of ether oxygens (including phenoxy) is 2. The molecule has 1 atom stereocenters. The first-order valence-electron chi connectivity index (χ1n) is 13.4. The molecule has 0 saturated carbocycles. The number of rotatable bonds is 11. The number of hydrogen-bond acceptors (Lipinski definition) is 9. The number of imide groups is 1. The van der Waals surface area contributed by atoms with E-state index in [0.29, 0.717) is 45.3 Å². The molecular formula is C28H34N4O6S2. The van der Waals surface area contributed by atoms with Crippen molar-refractivity contribution in [3.63, 3.8) is 0 Å². The monoisotopic (exact) mass is 586 g/mol. The Morgan fingerprint density at radius 3 is 2.52 bits per heavy atom. The van der Waals surface area contributed by atoms with Gasteiger partial charge in [-0.2, -0.15) is 0 Å². The van der Waals surface area contributed by atoms with Gasteiger partial charge in [-0.15, -0.1) is 11.8 Å². The largest absolute Gasteiger partial charge is 0.493 e. The minimum absolute atomic E-state index is 0.180. The third-order valence-electron chi connectivity index (χ3n) is 7.37. The second-order valence-electron chi connectivity index (χ2n) is 9.75. The first-order valence-corrected chi connectivity index (χ1v) is 15.8. The van der Waals surface area contributed by atoms with Crippen molar-refractivity contribution in [2.24, 2.45) is 0 Å². The first-order chi connectivity index (χ1) is 19.4. The number of fused-ring (bicyclic) bond motifs is 1. The lowest BCUT2D eigenvalue weighted by molar-refractivity contribution is 0.0572. The summed E-state index contributed by atoms with van der Waals surface area (Å²) in [6.07, 6.45) is 3.24. The van der Waals surface area contributed by atoms with Crippen LogP contribution in [0.4, 0.5) is 5.69 Å². The van der Waals surface area contributed by atoms with Gasteiger partial charge < -0.3 is 19.7 Å². The van der Waals surface area contributed by atoms with E-state index >= 15 is 0 Å². The summed E-state index contributed by atoms with van der Waals surface area (Å²) in [5.74, 6) is 1.07. The van der Waals surface area contributed by atoms with Crippen molar-refractivity contribution in [3.8, 4) is 11.5 Å². The van der Waals surface area contributed by atoms with Crippen molar-refractivity contribution >= 4 is 39.3 Å². The quantitative estimate of drug-likeness (QED) is 0.303. The molecule has 1 fully saturated rings. The average Bonchev–Trinajstić information content (AvgIpc) is 3.62. The van der Waals surface area contributed by atoms with Crippen LogP contribution in [0.3, 0.4) is 0 Å². The van der Waals surface area contributed by atoms with Gasteiger partial charge in [0.05, 0.1) is 37.1 Å². The van der Waals surface area contributed by atoms with Gasteiger partial charge in [0.15, 0.2) is 11.5 Å². The Kier molecular flexibility index (Phi) is 8.69. The van der Waals surface area contributed by atoms with Gasteiger partial charge in [-0.25, -0.2) is 13.1 Å². The van der Waals surface area contributed by atoms with Crippen LogP contribution in [0, 0.1) is 0 Å². The molecule has 0 bridgehead atoms. The van der Waals surface area contributed by atoms with Gasteiger partial charge >= 0.3 is 0 Å². The molecule has 3 aliphatic rings. The highest BCUT2D eigenvalue weighted by Gasteiger charge is 2.43. The van der Waals surface area contributed by atoms with Gasteiger partial charge in [-0.3, -0.25) is 14.5 Å². The van der Waals surface area contributed by atoms with Crippen molar-refractivity contribution in [2.45, 2.75) is 25.3 Å². The van der Waals surface area contributed by atoms with Gasteiger partial charge in [0, 0.05) is 38.5 Å². The number of allylic oxidation sites excluding steroid dienone is 1. The van der Waals surface area contributed by atoms with Crippen LogP contribution in [0.5, 0.6) is 11.5 Å². The molecule has 2 aromatic carbocycles. The Bertz CT molecular complexity index is 1420. The minimum Gasteiger partial charge on any atom is -0.493 e. The maximum atomic E-state index is 14.0. The predicted octanol–water partition coefficient (Wildman–Crippen LogP) is 3.13. The van der Waals surface area contributed by atoms with Crippen LogP contribution in [-0.2, 0) is 10.0 Å². The average molecular weight is 587 g/mol. The summed E-state index contributed by atoms with van der Waals surface area (Å²) >= 11 is 1.32. The molecule has 0 spiro atoms. The minimum atomic E-state index is -3.57. The number of nitrogens with zero attached hydrogens (tertiary/aromatic N) is 2. The van der Waals surface area contributed by atoms with Crippen molar-refractivity contribution in [1.29, 1.82) is 0 Å². The van der Waals surface area contributed by atoms with Crippen LogP contribution in [0.2, 0.25) is 0 Å². The number of anilines is 1. The number of benzene rings is 2. The number of hydrogen-bond donors (Lipinski definition) is 2. The molecule has 5 rings (SSSR count). The van der Waals surface area contributed by atoms with Crippen LogP contribution in [0.15, 0.2) is 46.7 Å². The summed E-state index contributed by atoms with van der Waals surface area (Å²) in [5, 5.41) is 3.32. The first kappa shape index (κ1) is 28.5. The maximum absolute atomic E-state index is 14.0. The third kappa shape index (κ3) is 5.58. The normalized spacial score (nSPS) is 18.1. The van der Waals surface area contributed by atoms with Gasteiger partial charge in [0.2, 0.25) is 10.0 Å². The fraction of sp³-hybridized carbons (Fsp3) is 0.429. The number of piperazine rings is 1. The zero-order valence-corrected chi connectivity index (χ0v) is 24.3. The SMILES string of the molecule is COc1ccc([C@@H](CCCNS(=O)(=O)C2=CCCS2)N2C(=O)c3cccc(N4CCNCC4)c3C2=O)cc1OC. The van der Waals surface area contributed by atoms with Crippen LogP contribution in [0.1, 0.15) is 51.6 Å². The standard InChI is InChI=1S/C28H34N4O6S2/c1-37-23-11-10-19(18-24(23)38-2)21(8-4-12-30-40(35,36)25-9-5-17-39-25)32-27(33)20-6-3-7-22(26(20)28(32)34)31-15-13-29-14-16-31/h3,6-7,9-11,18,21,29-30H,4-5,8,12-17H2,1-2H3/t21-/m1/s1. The lowest BCUT2D eigenvalue weighted by Crippen LogP contribution is -2.44. The lowest BCUT2D eigenvalue weighted by atomic mass is 9.99. The second-order valence-corrected chi connectivity index (χ2v) is 12.9. The summed E-state index contributed by atoms with van der Waals surface area (Å²) in [6.45, 7) is 3.27. The fourth-order valence-electron chi connectivity index (χ4n) is 5.40. The Morgan fingerprint density at radius 1 is 1.05 bits per heavy atom. The molecule has 214 valence electrons. The molecule has 3 heterocycles. The molecule has 0 aliphatic carbocycles. The number of sulfonamides is 1. The highest BCUT2D eigenvalue weighted by molar-refractivity contribution is 8.18. The van der Waals surface area contributed by atoms with Gasteiger partial charge in [0.25, 0.3) is 11.8 Å². The van der Waals surface area contributed by atoms with Crippen LogP contribution >= 0.6 is 11.8 Å². The topological polar surface area (TPSA) is 117 Å². The highest BCUT2D eigenvalue weighted by Crippen LogP contribution is 2.40. The molecule has 2 N–H and O–H groups in total. The number of carbonyl (C=O) groups excluding carboxylic acids is 2. The molecule has 0 unspecified atom stereocenters. The molecular weight excluding hydrogens is 552 g/mol. The Morgan fingerprint density at radius 2 is 1.82 bits per heavy atom. The molecule has 0 aromatic heterocycles. The molecule has 12 heteroatoms. The number of amides is 2. The van der Waals surface area contributed by atoms with Crippen LogP contribution in [-0.4, -0.2) is 77.8 Å². The van der Waals surface area contributed by atoms with Crippen molar-refractivity contribution < 1.29 is 27.5 Å². The Labute approximate surface area is 239 Å².